The first-order chi connectivity index (χ1) is 9.66. The zero-order valence-corrected chi connectivity index (χ0v) is 11.9. The zero-order valence-electron chi connectivity index (χ0n) is 11.1. The van der Waals surface area contributed by atoms with Crippen molar-refractivity contribution in [3.8, 4) is 0 Å². The zero-order chi connectivity index (χ0) is 14.1. The van der Waals surface area contributed by atoms with Crippen molar-refractivity contribution < 1.29 is 9.59 Å². The van der Waals surface area contributed by atoms with E-state index in [1.165, 1.54) is 4.90 Å². The van der Waals surface area contributed by atoms with Crippen LogP contribution in [0.4, 0.5) is 5.69 Å². The maximum atomic E-state index is 12.3. The highest BCUT2D eigenvalue weighted by Crippen LogP contribution is 2.37. The molecular formula is C15H17ClN2O2. The first kappa shape index (κ1) is 13.4. The van der Waals surface area contributed by atoms with Gasteiger partial charge in [-0.05, 0) is 37.1 Å². The van der Waals surface area contributed by atoms with Crippen molar-refractivity contribution in [1.82, 2.24) is 4.90 Å². The predicted octanol–water partition coefficient (Wildman–Crippen LogP) is 2.88. The van der Waals surface area contributed by atoms with Gasteiger partial charge in [0.15, 0.2) is 0 Å². The highest BCUT2D eigenvalue weighted by molar-refractivity contribution is 6.30. The largest absolute Gasteiger partial charge is 0.367 e. The maximum Gasteiger partial charge on any atom is 0.234 e. The van der Waals surface area contributed by atoms with E-state index in [4.69, 9.17) is 11.6 Å². The monoisotopic (exact) mass is 292 g/mol. The van der Waals surface area contributed by atoms with Gasteiger partial charge < -0.3 is 5.32 Å². The number of amides is 2. The molecular weight excluding hydrogens is 276 g/mol. The molecule has 4 nitrogen and oxygen atoms in total. The van der Waals surface area contributed by atoms with Gasteiger partial charge >= 0.3 is 0 Å². The first-order valence-electron chi connectivity index (χ1n) is 7.01. The highest BCUT2D eigenvalue weighted by Gasteiger charge is 2.47. The summed E-state index contributed by atoms with van der Waals surface area (Å²) in [5, 5.41) is 3.77. The number of likely N-dealkylation sites (tertiary alicyclic amines) is 1. The van der Waals surface area contributed by atoms with Crippen LogP contribution < -0.4 is 5.32 Å². The average Bonchev–Trinajstić information content (AvgIpc) is 2.71. The summed E-state index contributed by atoms with van der Waals surface area (Å²) in [6.45, 7) is 0.242. The lowest BCUT2D eigenvalue weighted by Gasteiger charge is -2.19. The van der Waals surface area contributed by atoms with E-state index in [0.29, 0.717) is 5.02 Å². The molecule has 0 bridgehead atoms. The van der Waals surface area contributed by atoms with Crippen LogP contribution in [0.5, 0.6) is 0 Å². The van der Waals surface area contributed by atoms with Crippen molar-refractivity contribution in [2.75, 3.05) is 12.0 Å². The molecule has 5 heteroatoms. The number of nitrogens with zero attached hydrogens (tertiary/aromatic N) is 1. The molecule has 2 atom stereocenters. The van der Waals surface area contributed by atoms with E-state index in [2.05, 4.69) is 5.32 Å². The lowest BCUT2D eigenvalue weighted by Crippen LogP contribution is -2.35. The third-order valence-electron chi connectivity index (χ3n) is 4.22. The smallest absolute Gasteiger partial charge is 0.234 e. The molecule has 1 saturated heterocycles. The fourth-order valence-electron chi connectivity index (χ4n) is 3.12. The van der Waals surface area contributed by atoms with E-state index in [1.54, 1.807) is 12.1 Å². The Hall–Kier alpha value is -1.55. The Kier molecular flexibility index (Phi) is 3.66. The Morgan fingerprint density at radius 3 is 2.15 bits per heavy atom. The van der Waals surface area contributed by atoms with E-state index < -0.39 is 0 Å². The number of nitrogens with one attached hydrogen (secondary N) is 1. The van der Waals surface area contributed by atoms with Crippen molar-refractivity contribution in [2.24, 2.45) is 11.8 Å². The van der Waals surface area contributed by atoms with Gasteiger partial charge in [-0.15, -0.1) is 0 Å². The molecule has 0 radical (unpaired) electrons. The van der Waals surface area contributed by atoms with Crippen LogP contribution in [0.1, 0.15) is 25.7 Å². The van der Waals surface area contributed by atoms with Crippen molar-refractivity contribution in [3.05, 3.63) is 29.3 Å². The Labute approximate surface area is 123 Å². The molecule has 1 aliphatic heterocycles. The van der Waals surface area contributed by atoms with Crippen molar-refractivity contribution in [1.29, 1.82) is 0 Å². The Bertz CT molecular complexity index is 505. The van der Waals surface area contributed by atoms with Crippen LogP contribution in [-0.2, 0) is 9.59 Å². The standard InChI is InChI=1S/C15H17ClN2O2/c16-10-5-7-11(8-6-10)17-9-18-14(19)12-3-1-2-4-13(12)15(18)20/h5-8,12-13,17H,1-4,9H2/t12-,13-/m0/s1. The Morgan fingerprint density at radius 2 is 1.60 bits per heavy atom. The Balaban J connectivity index is 1.66. The fourth-order valence-corrected chi connectivity index (χ4v) is 3.25. The summed E-state index contributed by atoms with van der Waals surface area (Å²) in [7, 11) is 0. The van der Waals surface area contributed by atoms with Gasteiger partial charge in [-0.3, -0.25) is 14.5 Å². The summed E-state index contributed by atoms with van der Waals surface area (Å²) in [4.78, 5) is 25.9. The lowest BCUT2D eigenvalue weighted by atomic mass is 9.81. The second-order valence-corrected chi connectivity index (χ2v) is 5.88. The topological polar surface area (TPSA) is 49.4 Å². The van der Waals surface area contributed by atoms with E-state index in [9.17, 15) is 9.59 Å². The van der Waals surface area contributed by atoms with E-state index in [-0.39, 0.29) is 30.3 Å². The summed E-state index contributed by atoms with van der Waals surface area (Å²) in [6, 6.07) is 7.22. The molecule has 0 aromatic heterocycles. The van der Waals surface area contributed by atoms with Gasteiger partial charge in [0.05, 0.1) is 18.5 Å². The number of hydrogen-bond acceptors (Lipinski definition) is 3. The first-order valence-corrected chi connectivity index (χ1v) is 7.39. The number of imide groups is 1. The van der Waals surface area contributed by atoms with Gasteiger partial charge in [0.2, 0.25) is 11.8 Å². The van der Waals surface area contributed by atoms with E-state index in [0.717, 1.165) is 31.4 Å². The highest BCUT2D eigenvalue weighted by atomic mass is 35.5. The summed E-state index contributed by atoms with van der Waals surface area (Å²) in [5.41, 5.74) is 0.852. The predicted molar refractivity (Wildman–Crippen MR) is 77.2 cm³/mol. The van der Waals surface area contributed by atoms with E-state index >= 15 is 0 Å². The number of fused-ring (bicyclic) bond motifs is 1. The van der Waals surface area contributed by atoms with Gasteiger partial charge in [-0.1, -0.05) is 24.4 Å². The van der Waals surface area contributed by atoms with Crippen molar-refractivity contribution in [2.45, 2.75) is 25.7 Å². The second kappa shape index (κ2) is 5.44. The minimum Gasteiger partial charge on any atom is -0.367 e. The number of halogens is 1. The van der Waals surface area contributed by atoms with Crippen LogP contribution in [0.2, 0.25) is 5.02 Å². The normalized spacial score (nSPS) is 25.8. The summed E-state index contributed by atoms with van der Waals surface area (Å²) >= 11 is 5.82. The van der Waals surface area contributed by atoms with Crippen molar-refractivity contribution in [3.63, 3.8) is 0 Å². The number of benzene rings is 1. The summed E-state index contributed by atoms with van der Waals surface area (Å²) < 4.78 is 0. The third-order valence-corrected chi connectivity index (χ3v) is 4.47. The molecule has 1 aromatic carbocycles. The van der Waals surface area contributed by atoms with Gasteiger partial charge in [0, 0.05) is 10.7 Å². The SMILES string of the molecule is O=C1[C@H]2CCCC[C@@H]2C(=O)N1CNc1ccc(Cl)cc1. The molecule has 0 spiro atoms. The van der Waals surface area contributed by atoms with Gasteiger partial charge in [-0.2, -0.15) is 0 Å². The summed E-state index contributed by atoms with van der Waals surface area (Å²) in [5.74, 6) is -0.186. The van der Waals surface area contributed by atoms with Crippen LogP contribution in [0.15, 0.2) is 24.3 Å². The molecule has 1 aromatic rings. The molecule has 2 amide bonds. The number of carbonyl (C=O) groups is 2. The molecule has 0 unspecified atom stereocenters. The van der Waals surface area contributed by atoms with Crippen LogP contribution in [0.25, 0.3) is 0 Å². The van der Waals surface area contributed by atoms with Crippen LogP contribution in [0, 0.1) is 11.8 Å². The molecule has 2 fully saturated rings. The van der Waals surface area contributed by atoms with Gasteiger partial charge in [-0.25, -0.2) is 0 Å². The lowest BCUT2D eigenvalue weighted by molar-refractivity contribution is -0.139. The van der Waals surface area contributed by atoms with E-state index in [1.807, 2.05) is 12.1 Å². The quantitative estimate of drug-likeness (QED) is 0.872. The maximum absolute atomic E-state index is 12.3. The molecule has 3 rings (SSSR count). The number of carbonyl (C=O) groups excluding carboxylic acids is 2. The molecule has 1 heterocycles. The number of rotatable bonds is 3. The van der Waals surface area contributed by atoms with Crippen LogP contribution in [0.3, 0.4) is 0 Å². The van der Waals surface area contributed by atoms with Gasteiger partial charge in [0.1, 0.15) is 0 Å². The van der Waals surface area contributed by atoms with Crippen LogP contribution in [-0.4, -0.2) is 23.4 Å². The molecule has 1 N–H and O–H groups in total. The van der Waals surface area contributed by atoms with Crippen molar-refractivity contribution >= 4 is 29.1 Å². The molecule has 2 aliphatic rings. The Morgan fingerprint density at radius 1 is 1.05 bits per heavy atom. The molecule has 1 saturated carbocycles. The molecule has 1 aliphatic carbocycles. The number of hydrogen-bond donors (Lipinski definition) is 1. The average molecular weight is 293 g/mol. The molecule has 20 heavy (non-hydrogen) atoms. The minimum atomic E-state index is -0.0803. The fraction of sp³-hybridized carbons (Fsp3) is 0.467. The van der Waals surface area contributed by atoms with Crippen LogP contribution >= 0.6 is 11.6 Å². The minimum absolute atomic E-state index is 0.0128. The summed E-state index contributed by atoms with van der Waals surface area (Å²) in [6.07, 6.45) is 3.82. The third kappa shape index (κ3) is 2.40. The molecule has 106 valence electrons. The second-order valence-electron chi connectivity index (χ2n) is 5.44. The van der Waals surface area contributed by atoms with Gasteiger partial charge in [0.25, 0.3) is 0 Å². The number of anilines is 1.